The van der Waals surface area contributed by atoms with Gasteiger partial charge in [0.05, 0.1) is 18.3 Å². The summed E-state index contributed by atoms with van der Waals surface area (Å²) in [5, 5.41) is 0. The van der Waals surface area contributed by atoms with Gasteiger partial charge in [-0.05, 0) is 12.1 Å². The molecule has 0 radical (unpaired) electrons. The molecule has 1 aliphatic heterocycles. The van der Waals surface area contributed by atoms with Crippen LogP contribution in [0.5, 0.6) is 0 Å². The van der Waals surface area contributed by atoms with Gasteiger partial charge in [-0.1, -0.05) is 6.07 Å². The first-order valence-corrected chi connectivity index (χ1v) is 6.30. The second-order valence-corrected chi connectivity index (χ2v) is 4.77. The second kappa shape index (κ2) is 6.07. The molecule has 1 fully saturated rings. The number of hydrogen-bond donors (Lipinski definition) is 1. The Morgan fingerprint density at radius 3 is 2.70 bits per heavy atom. The average Bonchev–Trinajstić information content (AvgIpc) is 2.40. The van der Waals surface area contributed by atoms with Gasteiger partial charge in [0.25, 0.3) is 0 Å². The molecule has 0 bridgehead atoms. The number of ether oxygens (including phenoxy) is 1. The number of morpholine rings is 1. The van der Waals surface area contributed by atoms with Gasteiger partial charge in [-0.15, -0.1) is 0 Å². The lowest BCUT2D eigenvalue weighted by atomic mass is 10.1. The van der Waals surface area contributed by atoms with Gasteiger partial charge in [-0.2, -0.15) is 13.2 Å². The van der Waals surface area contributed by atoms with E-state index in [0.29, 0.717) is 32.3 Å². The highest BCUT2D eigenvalue weighted by molar-refractivity contribution is 5.26. The van der Waals surface area contributed by atoms with E-state index in [1.54, 1.807) is 0 Å². The van der Waals surface area contributed by atoms with Crippen LogP contribution in [0.3, 0.4) is 0 Å². The second-order valence-electron chi connectivity index (χ2n) is 4.77. The van der Waals surface area contributed by atoms with E-state index >= 15 is 0 Å². The molecule has 1 saturated heterocycles. The molecule has 1 aliphatic rings. The lowest BCUT2D eigenvalue weighted by Gasteiger charge is -2.32. The molecule has 112 valence electrons. The molecule has 0 aliphatic carbocycles. The topological polar surface area (TPSA) is 38.5 Å². The number of benzene rings is 1. The van der Waals surface area contributed by atoms with Gasteiger partial charge in [-0.3, -0.25) is 4.90 Å². The highest BCUT2D eigenvalue weighted by Crippen LogP contribution is 2.30. The molecule has 20 heavy (non-hydrogen) atoms. The Bertz CT molecular complexity index is 464. The number of alkyl halides is 3. The van der Waals surface area contributed by atoms with Crippen LogP contribution < -0.4 is 5.73 Å². The first-order valence-electron chi connectivity index (χ1n) is 6.30. The number of nitrogens with zero attached hydrogens (tertiary/aromatic N) is 1. The Morgan fingerprint density at radius 2 is 2.10 bits per heavy atom. The quantitative estimate of drug-likeness (QED) is 0.866. The summed E-state index contributed by atoms with van der Waals surface area (Å²) in [6.07, 6.45) is -4.63. The number of halogens is 4. The van der Waals surface area contributed by atoms with Crippen molar-refractivity contribution in [2.45, 2.75) is 18.8 Å². The Morgan fingerprint density at radius 1 is 1.35 bits per heavy atom. The third-order valence-electron chi connectivity index (χ3n) is 3.26. The van der Waals surface area contributed by atoms with Crippen molar-refractivity contribution in [3.63, 3.8) is 0 Å². The molecule has 2 N–H and O–H groups in total. The fraction of sp³-hybridized carbons (Fsp3) is 0.538. The van der Waals surface area contributed by atoms with E-state index in [4.69, 9.17) is 10.5 Å². The molecule has 1 aromatic rings. The van der Waals surface area contributed by atoms with E-state index in [9.17, 15) is 17.6 Å². The fourth-order valence-corrected chi connectivity index (χ4v) is 2.16. The van der Waals surface area contributed by atoms with E-state index in [2.05, 4.69) is 0 Å². The van der Waals surface area contributed by atoms with E-state index in [1.807, 2.05) is 4.90 Å². The van der Waals surface area contributed by atoms with Crippen LogP contribution in [0.4, 0.5) is 17.6 Å². The van der Waals surface area contributed by atoms with Gasteiger partial charge in [0.1, 0.15) is 5.82 Å². The zero-order valence-corrected chi connectivity index (χ0v) is 10.8. The maximum atomic E-state index is 13.7. The van der Waals surface area contributed by atoms with Gasteiger partial charge >= 0.3 is 6.18 Å². The molecule has 0 unspecified atom stereocenters. The summed E-state index contributed by atoms with van der Waals surface area (Å²) in [4.78, 5) is 1.92. The molecule has 0 amide bonds. The van der Waals surface area contributed by atoms with Crippen LogP contribution in [0.15, 0.2) is 18.2 Å². The first-order chi connectivity index (χ1) is 9.40. The molecule has 1 aromatic carbocycles. The molecule has 2 rings (SSSR count). The van der Waals surface area contributed by atoms with Crippen LogP contribution in [0.2, 0.25) is 0 Å². The fourth-order valence-electron chi connectivity index (χ4n) is 2.16. The van der Waals surface area contributed by atoms with Crippen molar-refractivity contribution in [2.75, 3.05) is 26.2 Å². The van der Waals surface area contributed by atoms with Crippen LogP contribution in [0, 0.1) is 5.82 Å². The van der Waals surface area contributed by atoms with Gasteiger partial charge in [-0.25, -0.2) is 4.39 Å². The van der Waals surface area contributed by atoms with Crippen molar-refractivity contribution in [3.05, 3.63) is 35.1 Å². The lowest BCUT2D eigenvalue weighted by Crippen LogP contribution is -2.45. The van der Waals surface area contributed by atoms with Crippen molar-refractivity contribution in [1.29, 1.82) is 0 Å². The zero-order chi connectivity index (χ0) is 14.8. The van der Waals surface area contributed by atoms with Crippen LogP contribution >= 0.6 is 0 Å². The lowest BCUT2D eigenvalue weighted by molar-refractivity contribution is -0.137. The molecule has 3 nitrogen and oxygen atoms in total. The molecule has 0 saturated carbocycles. The summed E-state index contributed by atoms with van der Waals surface area (Å²) in [6.45, 7) is 2.27. The number of hydrogen-bond acceptors (Lipinski definition) is 3. The molecular formula is C13H16F4N2O. The standard InChI is InChI=1S/C13H16F4N2O/c14-12-5-10(13(15,16)17)2-1-9(12)7-19-3-4-20-11(6-18)8-19/h1-2,5,11H,3-4,6-8,18H2/t11-/m0/s1. The monoisotopic (exact) mass is 292 g/mol. The van der Waals surface area contributed by atoms with Gasteiger partial charge < -0.3 is 10.5 Å². The Labute approximate surface area is 114 Å². The normalized spacial score (nSPS) is 21.1. The predicted octanol–water partition coefficient (Wildman–Crippen LogP) is 2.00. The zero-order valence-electron chi connectivity index (χ0n) is 10.8. The number of rotatable bonds is 3. The van der Waals surface area contributed by atoms with E-state index in [0.717, 1.165) is 6.07 Å². The van der Waals surface area contributed by atoms with Gasteiger partial charge in [0.2, 0.25) is 0 Å². The van der Waals surface area contributed by atoms with Crippen LogP contribution in [-0.4, -0.2) is 37.2 Å². The molecule has 0 spiro atoms. The minimum absolute atomic E-state index is 0.110. The SMILES string of the molecule is NC[C@H]1CN(Cc2ccc(C(F)(F)F)cc2F)CCO1. The van der Waals surface area contributed by atoms with Crippen LogP contribution in [-0.2, 0) is 17.5 Å². The third kappa shape index (κ3) is 3.68. The highest BCUT2D eigenvalue weighted by atomic mass is 19.4. The van der Waals surface area contributed by atoms with E-state index in [1.165, 1.54) is 6.07 Å². The van der Waals surface area contributed by atoms with Crippen LogP contribution in [0.1, 0.15) is 11.1 Å². The largest absolute Gasteiger partial charge is 0.416 e. The molecule has 7 heteroatoms. The van der Waals surface area contributed by atoms with Crippen molar-refractivity contribution in [1.82, 2.24) is 4.90 Å². The summed E-state index contributed by atoms with van der Waals surface area (Å²) in [5.74, 6) is -0.837. The van der Waals surface area contributed by atoms with Gasteiger partial charge in [0.15, 0.2) is 0 Å². The third-order valence-corrected chi connectivity index (χ3v) is 3.26. The first kappa shape index (κ1) is 15.2. The minimum Gasteiger partial charge on any atom is -0.374 e. The van der Waals surface area contributed by atoms with Crippen molar-refractivity contribution in [3.8, 4) is 0 Å². The van der Waals surface area contributed by atoms with E-state index < -0.39 is 17.6 Å². The van der Waals surface area contributed by atoms with Crippen molar-refractivity contribution < 1.29 is 22.3 Å². The molecule has 1 heterocycles. The Kier molecular flexibility index (Phi) is 4.62. The molecule has 0 aromatic heterocycles. The minimum atomic E-state index is -4.52. The smallest absolute Gasteiger partial charge is 0.374 e. The average molecular weight is 292 g/mol. The maximum Gasteiger partial charge on any atom is 0.416 e. The summed E-state index contributed by atoms with van der Waals surface area (Å²) in [7, 11) is 0. The number of nitrogens with two attached hydrogens (primary N) is 1. The Balaban J connectivity index is 2.06. The molecular weight excluding hydrogens is 276 g/mol. The summed E-state index contributed by atoms with van der Waals surface area (Å²) >= 11 is 0. The summed E-state index contributed by atoms with van der Waals surface area (Å²) < 4.78 is 56.5. The van der Waals surface area contributed by atoms with Crippen molar-refractivity contribution >= 4 is 0 Å². The highest BCUT2D eigenvalue weighted by Gasteiger charge is 2.31. The summed E-state index contributed by atoms with van der Waals surface area (Å²) in [6, 6.07) is 2.63. The maximum absolute atomic E-state index is 13.7. The van der Waals surface area contributed by atoms with Gasteiger partial charge in [0, 0.05) is 31.7 Å². The summed E-state index contributed by atoms with van der Waals surface area (Å²) in [5.41, 5.74) is 4.78. The predicted molar refractivity (Wildman–Crippen MR) is 65.5 cm³/mol. The van der Waals surface area contributed by atoms with E-state index in [-0.39, 0.29) is 18.2 Å². The Hall–Kier alpha value is -1.18. The van der Waals surface area contributed by atoms with Crippen molar-refractivity contribution in [2.24, 2.45) is 5.73 Å². The van der Waals surface area contributed by atoms with Crippen LogP contribution in [0.25, 0.3) is 0 Å². The molecule has 1 atom stereocenters.